The van der Waals surface area contributed by atoms with E-state index in [-0.39, 0.29) is 12.0 Å². The number of nitrogens with two attached hydrogens (primary N) is 1. The Labute approximate surface area is 157 Å². The molecule has 3 aromatic rings. The molecule has 0 bridgehead atoms. The van der Waals surface area contributed by atoms with Crippen LogP contribution < -0.4 is 11.1 Å². The third kappa shape index (κ3) is 3.35. The molecule has 1 atom stereocenters. The highest BCUT2D eigenvalue weighted by Crippen LogP contribution is 2.28. The maximum absolute atomic E-state index is 12.9. The van der Waals surface area contributed by atoms with E-state index < -0.39 is 0 Å². The number of nitrogen functional groups attached to an aromatic ring is 1. The van der Waals surface area contributed by atoms with Gasteiger partial charge in [-0.05, 0) is 31.4 Å². The molecule has 1 aromatic carbocycles. The van der Waals surface area contributed by atoms with Gasteiger partial charge >= 0.3 is 0 Å². The van der Waals surface area contributed by atoms with E-state index in [1.807, 2.05) is 28.8 Å². The maximum atomic E-state index is 12.9. The van der Waals surface area contributed by atoms with Crippen LogP contribution in [-0.4, -0.2) is 39.7 Å². The van der Waals surface area contributed by atoms with Crippen molar-refractivity contribution in [3.8, 4) is 0 Å². The van der Waals surface area contributed by atoms with Crippen molar-refractivity contribution in [1.29, 1.82) is 0 Å². The smallest absolute Gasteiger partial charge is 0.257 e. The summed E-state index contributed by atoms with van der Waals surface area (Å²) in [7, 11) is 0. The second-order valence-electron chi connectivity index (χ2n) is 7.00. The minimum absolute atomic E-state index is 0.0792. The Balaban J connectivity index is 1.76. The van der Waals surface area contributed by atoms with Gasteiger partial charge in [-0.25, -0.2) is 9.97 Å². The van der Waals surface area contributed by atoms with Crippen LogP contribution in [0.2, 0.25) is 0 Å². The van der Waals surface area contributed by atoms with Gasteiger partial charge in [-0.3, -0.25) is 4.79 Å². The van der Waals surface area contributed by atoms with Gasteiger partial charge in [0.1, 0.15) is 16.9 Å². The minimum Gasteiger partial charge on any atom is -0.384 e. The molecule has 142 valence electrons. The van der Waals surface area contributed by atoms with Gasteiger partial charge in [0.25, 0.3) is 5.91 Å². The first-order chi connectivity index (χ1) is 13.2. The van der Waals surface area contributed by atoms with E-state index in [1.54, 1.807) is 0 Å². The van der Waals surface area contributed by atoms with Gasteiger partial charge in [-0.2, -0.15) is 0 Å². The largest absolute Gasteiger partial charge is 0.384 e. The number of nitrogens with one attached hydrogen (secondary N) is 1. The number of para-hydroxylation sites is 2. The Bertz CT molecular complexity index is 975. The van der Waals surface area contributed by atoms with Crippen LogP contribution in [0.1, 0.15) is 43.0 Å². The van der Waals surface area contributed by atoms with E-state index in [9.17, 15) is 4.79 Å². The van der Waals surface area contributed by atoms with E-state index in [2.05, 4.69) is 12.2 Å². The molecule has 2 aromatic heterocycles. The van der Waals surface area contributed by atoms with Gasteiger partial charge in [0, 0.05) is 19.7 Å². The number of anilines is 1. The molecule has 1 aliphatic heterocycles. The normalized spacial score (nSPS) is 17.0. The Morgan fingerprint density at radius 2 is 2.11 bits per heavy atom. The summed E-state index contributed by atoms with van der Waals surface area (Å²) in [5, 5.41) is 2.97. The number of ether oxygens (including phenoxy) is 1. The van der Waals surface area contributed by atoms with E-state index in [0.717, 1.165) is 43.3 Å². The second-order valence-corrected chi connectivity index (χ2v) is 7.00. The van der Waals surface area contributed by atoms with Crippen molar-refractivity contribution in [2.24, 2.45) is 0 Å². The molecule has 1 unspecified atom stereocenters. The standard InChI is InChI=1S/C20H25N5O2/c1-2-3-10-25-18(21)16(20(26)22-12-13-7-6-11-27-13)17-19(25)24-15-9-5-4-8-14(15)23-17/h4-5,8-9,13H,2-3,6-7,10-12,21H2,1H3,(H,22,26). The Morgan fingerprint density at radius 3 is 2.81 bits per heavy atom. The molecule has 1 saturated heterocycles. The summed E-state index contributed by atoms with van der Waals surface area (Å²) in [5.41, 5.74) is 9.59. The molecular formula is C20H25N5O2. The van der Waals surface area contributed by atoms with Crippen molar-refractivity contribution in [3.05, 3.63) is 29.8 Å². The molecule has 7 heteroatoms. The van der Waals surface area contributed by atoms with Crippen molar-refractivity contribution in [3.63, 3.8) is 0 Å². The summed E-state index contributed by atoms with van der Waals surface area (Å²) in [5.74, 6) is 0.214. The second kappa shape index (κ2) is 7.52. The van der Waals surface area contributed by atoms with Crippen LogP contribution in [0.4, 0.5) is 5.82 Å². The number of aromatic nitrogens is 3. The van der Waals surface area contributed by atoms with Gasteiger partial charge in [0.15, 0.2) is 5.65 Å². The zero-order valence-electron chi connectivity index (χ0n) is 15.6. The van der Waals surface area contributed by atoms with Gasteiger partial charge in [-0.15, -0.1) is 0 Å². The third-order valence-corrected chi connectivity index (χ3v) is 5.07. The molecule has 4 rings (SSSR count). The van der Waals surface area contributed by atoms with Crippen molar-refractivity contribution < 1.29 is 9.53 Å². The minimum atomic E-state index is -0.215. The molecule has 27 heavy (non-hydrogen) atoms. The number of aryl methyl sites for hydroxylation is 1. The number of hydrogen-bond acceptors (Lipinski definition) is 5. The SMILES string of the molecule is CCCCn1c(N)c(C(=O)NCC2CCCO2)c2nc3ccccc3nc21. The molecule has 0 radical (unpaired) electrons. The molecule has 1 aliphatic rings. The highest BCUT2D eigenvalue weighted by Gasteiger charge is 2.25. The number of carbonyl (C=O) groups is 1. The first-order valence-corrected chi connectivity index (χ1v) is 9.63. The van der Waals surface area contributed by atoms with Crippen LogP contribution in [0.15, 0.2) is 24.3 Å². The third-order valence-electron chi connectivity index (χ3n) is 5.07. The van der Waals surface area contributed by atoms with Crippen LogP contribution in [0, 0.1) is 0 Å². The fourth-order valence-electron chi connectivity index (χ4n) is 3.58. The zero-order chi connectivity index (χ0) is 18.8. The Hall–Kier alpha value is -2.67. The van der Waals surface area contributed by atoms with Crippen LogP contribution in [0.25, 0.3) is 22.2 Å². The van der Waals surface area contributed by atoms with Crippen LogP contribution >= 0.6 is 0 Å². The van der Waals surface area contributed by atoms with Crippen molar-refractivity contribution in [2.75, 3.05) is 18.9 Å². The molecular weight excluding hydrogens is 342 g/mol. The van der Waals surface area contributed by atoms with Crippen LogP contribution in [0.5, 0.6) is 0 Å². The molecule has 3 heterocycles. The number of rotatable bonds is 6. The number of nitrogens with zero attached hydrogens (tertiary/aromatic N) is 3. The number of amides is 1. The zero-order valence-corrected chi connectivity index (χ0v) is 15.6. The molecule has 0 saturated carbocycles. The number of carbonyl (C=O) groups excluding carboxylic acids is 1. The van der Waals surface area contributed by atoms with E-state index in [1.165, 1.54) is 0 Å². The number of hydrogen-bond donors (Lipinski definition) is 2. The predicted octanol–water partition coefficient (Wildman–Crippen LogP) is 2.88. The highest BCUT2D eigenvalue weighted by molar-refractivity contribution is 6.10. The highest BCUT2D eigenvalue weighted by atomic mass is 16.5. The van der Waals surface area contributed by atoms with Gasteiger partial charge in [0.05, 0.1) is 17.1 Å². The molecule has 1 fully saturated rings. The summed E-state index contributed by atoms with van der Waals surface area (Å²) in [6, 6.07) is 7.67. The van der Waals surface area contributed by atoms with Crippen LogP contribution in [-0.2, 0) is 11.3 Å². The lowest BCUT2D eigenvalue weighted by atomic mass is 10.2. The first kappa shape index (κ1) is 17.7. The predicted molar refractivity (Wildman–Crippen MR) is 106 cm³/mol. The number of unbranched alkanes of at least 4 members (excludes halogenated alkanes) is 1. The topological polar surface area (TPSA) is 95.1 Å². The van der Waals surface area contributed by atoms with E-state index >= 15 is 0 Å². The van der Waals surface area contributed by atoms with Crippen molar-refractivity contribution >= 4 is 33.9 Å². The summed E-state index contributed by atoms with van der Waals surface area (Å²) < 4.78 is 7.51. The fraction of sp³-hybridized carbons (Fsp3) is 0.450. The summed E-state index contributed by atoms with van der Waals surface area (Å²) in [6.07, 6.45) is 4.07. The quantitative estimate of drug-likeness (QED) is 0.698. The first-order valence-electron chi connectivity index (χ1n) is 9.63. The lowest BCUT2D eigenvalue weighted by molar-refractivity contribution is 0.0859. The van der Waals surface area contributed by atoms with Gasteiger partial charge < -0.3 is 20.4 Å². The monoisotopic (exact) mass is 367 g/mol. The van der Waals surface area contributed by atoms with Gasteiger partial charge in [-0.1, -0.05) is 25.5 Å². The lowest BCUT2D eigenvalue weighted by Crippen LogP contribution is -2.32. The fourth-order valence-corrected chi connectivity index (χ4v) is 3.58. The number of benzene rings is 1. The molecule has 3 N–H and O–H groups in total. The molecule has 0 aliphatic carbocycles. The van der Waals surface area contributed by atoms with Crippen LogP contribution in [0.3, 0.4) is 0 Å². The number of fused-ring (bicyclic) bond motifs is 2. The van der Waals surface area contributed by atoms with Crippen molar-refractivity contribution in [2.45, 2.75) is 45.3 Å². The maximum Gasteiger partial charge on any atom is 0.257 e. The lowest BCUT2D eigenvalue weighted by Gasteiger charge is -2.11. The summed E-state index contributed by atoms with van der Waals surface area (Å²) in [6.45, 7) is 4.08. The molecule has 7 nitrogen and oxygen atoms in total. The Morgan fingerprint density at radius 1 is 1.33 bits per heavy atom. The van der Waals surface area contributed by atoms with E-state index in [0.29, 0.717) is 35.6 Å². The molecule has 1 amide bonds. The van der Waals surface area contributed by atoms with E-state index in [4.69, 9.17) is 20.4 Å². The summed E-state index contributed by atoms with van der Waals surface area (Å²) in [4.78, 5) is 22.4. The summed E-state index contributed by atoms with van der Waals surface area (Å²) >= 11 is 0. The Kier molecular flexibility index (Phi) is 4.94. The average molecular weight is 367 g/mol. The molecule has 0 spiro atoms. The average Bonchev–Trinajstić information content (AvgIpc) is 3.29. The van der Waals surface area contributed by atoms with Gasteiger partial charge in [0.2, 0.25) is 0 Å². The van der Waals surface area contributed by atoms with Crippen molar-refractivity contribution in [1.82, 2.24) is 19.9 Å².